The Bertz CT molecular complexity index is 1830. The molecule has 4 aromatic rings. The Kier molecular flexibility index (Phi) is 6.06. The smallest absolute Gasteiger partial charge is 0.238 e. The molecule has 4 aromatic carbocycles. The zero-order valence-electron chi connectivity index (χ0n) is 23.0. The van der Waals surface area contributed by atoms with E-state index in [4.69, 9.17) is 16.3 Å². The van der Waals surface area contributed by atoms with Gasteiger partial charge in [0.25, 0.3) is 0 Å². The van der Waals surface area contributed by atoms with Gasteiger partial charge in [-0.3, -0.25) is 14.4 Å². The second kappa shape index (κ2) is 9.71. The lowest BCUT2D eigenvalue weighted by Crippen LogP contribution is -2.51. The van der Waals surface area contributed by atoms with Crippen molar-refractivity contribution in [1.29, 1.82) is 0 Å². The van der Waals surface area contributed by atoms with Gasteiger partial charge in [-0.15, -0.1) is 0 Å². The van der Waals surface area contributed by atoms with Crippen LogP contribution in [-0.2, 0) is 10.2 Å². The number of anilines is 2. The SMILES string of the molecule is COc1cccc(C(=O)C2C(C(=O)c3ccccc3Cl)N3c4ccccc4C(C)=CC3C23C(=O)Nc2ccccc23)c1. The highest BCUT2D eigenvalue weighted by Gasteiger charge is 2.70. The van der Waals surface area contributed by atoms with Gasteiger partial charge in [0.05, 0.1) is 24.1 Å². The Morgan fingerprint density at radius 3 is 2.45 bits per heavy atom. The first-order chi connectivity index (χ1) is 20.4. The topological polar surface area (TPSA) is 75.7 Å². The van der Waals surface area contributed by atoms with Gasteiger partial charge < -0.3 is 15.0 Å². The number of hydrogen-bond acceptors (Lipinski definition) is 5. The average Bonchev–Trinajstić information content (AvgIpc) is 3.49. The van der Waals surface area contributed by atoms with E-state index in [0.29, 0.717) is 33.1 Å². The maximum atomic E-state index is 14.9. The second-order valence-electron chi connectivity index (χ2n) is 11.0. The van der Waals surface area contributed by atoms with Gasteiger partial charge in [0.2, 0.25) is 5.91 Å². The molecule has 3 heterocycles. The molecule has 7 rings (SSSR count). The number of hydrogen-bond donors (Lipinski definition) is 1. The van der Waals surface area contributed by atoms with Gasteiger partial charge in [0, 0.05) is 28.1 Å². The molecule has 42 heavy (non-hydrogen) atoms. The molecule has 1 amide bonds. The number of methoxy groups -OCH3 is 1. The number of ether oxygens (including phenoxy) is 1. The van der Waals surface area contributed by atoms with E-state index in [9.17, 15) is 14.4 Å². The van der Waals surface area contributed by atoms with E-state index >= 15 is 0 Å². The second-order valence-corrected chi connectivity index (χ2v) is 11.4. The van der Waals surface area contributed by atoms with Crippen LogP contribution in [0.5, 0.6) is 5.75 Å². The van der Waals surface area contributed by atoms with E-state index in [1.165, 1.54) is 7.11 Å². The Morgan fingerprint density at radius 2 is 1.64 bits per heavy atom. The monoisotopic (exact) mass is 574 g/mol. The van der Waals surface area contributed by atoms with Crippen molar-refractivity contribution in [3.8, 4) is 5.75 Å². The van der Waals surface area contributed by atoms with Crippen molar-refractivity contribution >= 4 is 46.0 Å². The number of ketones is 2. The number of nitrogens with zero attached hydrogens (tertiary/aromatic N) is 1. The summed E-state index contributed by atoms with van der Waals surface area (Å²) in [5, 5.41) is 3.35. The number of halogens is 1. The molecule has 1 spiro atoms. The van der Waals surface area contributed by atoms with E-state index in [0.717, 1.165) is 16.8 Å². The standard InChI is InChI=1S/C35H27ClN2O4/c1-20-18-29-35(25-14-5-7-16-27(25)37-34(35)41)30(32(39)21-10-9-11-22(19-21)42-2)31(33(40)24-13-3-6-15-26(24)36)38(29)28-17-8-4-12-23(20)28/h3-19,29-31H,1-2H3,(H,37,41). The highest BCUT2D eigenvalue weighted by molar-refractivity contribution is 6.34. The van der Waals surface area contributed by atoms with Crippen LogP contribution in [0, 0.1) is 5.92 Å². The quantitative estimate of drug-likeness (QED) is 0.272. The summed E-state index contributed by atoms with van der Waals surface area (Å²) < 4.78 is 5.44. The van der Waals surface area contributed by atoms with Crippen molar-refractivity contribution in [2.75, 3.05) is 17.3 Å². The van der Waals surface area contributed by atoms with Crippen LogP contribution in [0.1, 0.15) is 38.8 Å². The fourth-order valence-electron chi connectivity index (χ4n) is 7.16. The van der Waals surface area contributed by atoms with E-state index in [1.54, 1.807) is 48.5 Å². The van der Waals surface area contributed by atoms with Crippen molar-refractivity contribution in [2.45, 2.75) is 24.4 Å². The third kappa shape index (κ3) is 3.55. The fraction of sp³-hybridized carbons (Fsp3) is 0.171. The third-order valence-electron chi connectivity index (χ3n) is 8.93. The molecule has 4 unspecified atom stereocenters. The number of para-hydroxylation sites is 2. The van der Waals surface area contributed by atoms with Crippen molar-refractivity contribution in [2.24, 2.45) is 5.92 Å². The van der Waals surface area contributed by atoms with Crippen LogP contribution in [0.3, 0.4) is 0 Å². The zero-order chi connectivity index (χ0) is 29.2. The van der Waals surface area contributed by atoms with Gasteiger partial charge in [-0.2, -0.15) is 0 Å². The molecule has 0 radical (unpaired) electrons. The molecule has 4 atom stereocenters. The van der Waals surface area contributed by atoms with Gasteiger partial charge in [-0.25, -0.2) is 0 Å². The van der Waals surface area contributed by atoms with Crippen LogP contribution in [0.15, 0.2) is 103 Å². The van der Waals surface area contributed by atoms with Gasteiger partial charge in [0.1, 0.15) is 17.2 Å². The first kappa shape index (κ1) is 26.2. The maximum absolute atomic E-state index is 14.9. The average molecular weight is 575 g/mol. The number of Topliss-reactive ketones (excluding diaryl/α,β-unsaturated/α-hetero) is 2. The van der Waals surface area contributed by atoms with Gasteiger partial charge in [-0.1, -0.05) is 78.3 Å². The molecule has 3 aliphatic heterocycles. The largest absolute Gasteiger partial charge is 0.497 e. The molecular weight excluding hydrogens is 548 g/mol. The molecule has 3 aliphatic rings. The number of carbonyl (C=O) groups is 3. The molecule has 6 nitrogen and oxygen atoms in total. The lowest BCUT2D eigenvalue weighted by molar-refractivity contribution is -0.121. The number of carbonyl (C=O) groups excluding carboxylic acids is 3. The number of amides is 1. The Hall–Kier alpha value is -4.68. The molecule has 0 saturated carbocycles. The minimum absolute atomic E-state index is 0.292. The molecule has 1 N–H and O–H groups in total. The van der Waals surface area contributed by atoms with E-state index in [2.05, 4.69) is 5.32 Å². The van der Waals surface area contributed by atoms with Gasteiger partial charge in [0.15, 0.2) is 11.6 Å². The van der Waals surface area contributed by atoms with Crippen molar-refractivity contribution in [3.63, 3.8) is 0 Å². The van der Waals surface area contributed by atoms with Gasteiger partial charge in [-0.05, 0) is 54.5 Å². The van der Waals surface area contributed by atoms with Gasteiger partial charge >= 0.3 is 0 Å². The first-order valence-corrected chi connectivity index (χ1v) is 14.2. The highest BCUT2D eigenvalue weighted by Crippen LogP contribution is 2.59. The number of fused-ring (bicyclic) bond motifs is 6. The normalized spacial score (nSPS) is 23.5. The Balaban J connectivity index is 1.56. The van der Waals surface area contributed by atoms with Crippen LogP contribution >= 0.6 is 11.6 Å². The zero-order valence-corrected chi connectivity index (χ0v) is 23.8. The predicted octanol–water partition coefficient (Wildman–Crippen LogP) is 6.59. The summed E-state index contributed by atoms with van der Waals surface area (Å²) in [5.41, 5.74) is 3.33. The van der Waals surface area contributed by atoms with Crippen LogP contribution in [0.2, 0.25) is 5.02 Å². The van der Waals surface area contributed by atoms with Crippen molar-refractivity contribution in [1.82, 2.24) is 0 Å². The van der Waals surface area contributed by atoms with E-state index in [-0.39, 0.29) is 17.5 Å². The molecule has 0 aliphatic carbocycles. The molecule has 208 valence electrons. The molecule has 1 saturated heterocycles. The van der Waals surface area contributed by atoms with Crippen LogP contribution < -0.4 is 15.0 Å². The number of nitrogens with one attached hydrogen (secondary N) is 1. The molecule has 0 bridgehead atoms. The number of rotatable bonds is 5. The molecular formula is C35H27ClN2O4. The number of benzene rings is 4. The summed E-state index contributed by atoms with van der Waals surface area (Å²) in [5.74, 6) is -1.51. The summed E-state index contributed by atoms with van der Waals surface area (Å²) in [7, 11) is 1.54. The summed E-state index contributed by atoms with van der Waals surface area (Å²) >= 11 is 6.61. The summed E-state index contributed by atoms with van der Waals surface area (Å²) in [6.45, 7) is 2.00. The lowest BCUT2D eigenvalue weighted by atomic mass is 9.64. The van der Waals surface area contributed by atoms with Crippen LogP contribution in [-0.4, -0.2) is 36.7 Å². The van der Waals surface area contributed by atoms with E-state index < -0.39 is 23.4 Å². The summed E-state index contributed by atoms with van der Waals surface area (Å²) in [6.07, 6.45) is 2.04. The first-order valence-electron chi connectivity index (χ1n) is 13.8. The van der Waals surface area contributed by atoms with Crippen LogP contribution in [0.4, 0.5) is 11.4 Å². The Morgan fingerprint density at radius 1 is 0.905 bits per heavy atom. The third-order valence-corrected chi connectivity index (χ3v) is 9.26. The summed E-state index contributed by atoms with van der Waals surface area (Å²) in [6, 6.07) is 27.4. The highest BCUT2D eigenvalue weighted by atomic mass is 35.5. The molecule has 1 fully saturated rings. The fourth-order valence-corrected chi connectivity index (χ4v) is 7.39. The predicted molar refractivity (Wildman–Crippen MR) is 163 cm³/mol. The van der Waals surface area contributed by atoms with Crippen molar-refractivity contribution < 1.29 is 19.1 Å². The Labute approximate surface area is 248 Å². The molecule has 0 aromatic heterocycles. The summed E-state index contributed by atoms with van der Waals surface area (Å²) in [4.78, 5) is 46.2. The minimum atomic E-state index is -1.40. The lowest BCUT2D eigenvalue weighted by Gasteiger charge is -2.39. The van der Waals surface area contributed by atoms with Crippen LogP contribution in [0.25, 0.3) is 5.57 Å². The molecule has 7 heteroatoms. The van der Waals surface area contributed by atoms with Crippen molar-refractivity contribution in [3.05, 3.63) is 130 Å². The minimum Gasteiger partial charge on any atom is -0.497 e. The van der Waals surface area contributed by atoms with E-state index in [1.807, 2.05) is 66.4 Å². The maximum Gasteiger partial charge on any atom is 0.238 e. The number of allylic oxidation sites excluding steroid dienone is 1.